The van der Waals surface area contributed by atoms with Gasteiger partial charge in [0.05, 0.1) is 0 Å². The Morgan fingerprint density at radius 1 is 1.43 bits per heavy atom. The zero-order chi connectivity index (χ0) is 11.4. The maximum Gasteiger partial charge on any atom is 0.279 e. The summed E-state index contributed by atoms with van der Waals surface area (Å²) in [5.41, 5.74) is 0. The molecule has 0 amide bonds. The van der Waals surface area contributed by atoms with E-state index in [1.54, 1.807) is 20.8 Å². The number of rotatable bonds is 6. The predicted molar refractivity (Wildman–Crippen MR) is 56.1 cm³/mol. The molecule has 0 aliphatic heterocycles. The second-order valence-electron chi connectivity index (χ2n) is 3.49. The van der Waals surface area contributed by atoms with E-state index in [0.29, 0.717) is 6.54 Å². The van der Waals surface area contributed by atoms with Crippen LogP contribution in [0.2, 0.25) is 0 Å². The van der Waals surface area contributed by atoms with Crippen molar-refractivity contribution in [3.8, 4) is 0 Å². The maximum atomic E-state index is 11.5. The standard InChI is InChI=1S/C8H20N2O3S/c1-5-10(4)14(12,13)9-8(3)7(2)6-11/h7-9,11H,5-6H2,1-4H3. The predicted octanol–water partition coefficient (Wildman–Crippen LogP) is -0.211. The zero-order valence-electron chi connectivity index (χ0n) is 9.19. The van der Waals surface area contributed by atoms with Gasteiger partial charge in [-0.3, -0.25) is 0 Å². The normalized spacial score (nSPS) is 17.0. The van der Waals surface area contributed by atoms with Crippen LogP contribution in [0.25, 0.3) is 0 Å². The van der Waals surface area contributed by atoms with E-state index in [0.717, 1.165) is 0 Å². The lowest BCUT2D eigenvalue weighted by molar-refractivity contribution is 0.215. The van der Waals surface area contributed by atoms with Crippen LogP contribution >= 0.6 is 0 Å². The average Bonchev–Trinajstić information content (AvgIpc) is 2.14. The Labute approximate surface area is 86.3 Å². The van der Waals surface area contributed by atoms with Crippen molar-refractivity contribution >= 4 is 10.2 Å². The fourth-order valence-electron chi connectivity index (χ4n) is 0.769. The molecule has 5 nitrogen and oxygen atoms in total. The van der Waals surface area contributed by atoms with Crippen LogP contribution in [0.4, 0.5) is 0 Å². The largest absolute Gasteiger partial charge is 0.396 e. The van der Waals surface area contributed by atoms with Crippen molar-refractivity contribution in [2.75, 3.05) is 20.2 Å². The van der Waals surface area contributed by atoms with Crippen LogP contribution in [-0.4, -0.2) is 44.1 Å². The lowest BCUT2D eigenvalue weighted by Crippen LogP contribution is -2.45. The minimum Gasteiger partial charge on any atom is -0.396 e. The molecule has 14 heavy (non-hydrogen) atoms. The van der Waals surface area contributed by atoms with Gasteiger partial charge in [-0.05, 0) is 12.8 Å². The van der Waals surface area contributed by atoms with E-state index in [1.807, 2.05) is 0 Å². The van der Waals surface area contributed by atoms with E-state index >= 15 is 0 Å². The SMILES string of the molecule is CCN(C)S(=O)(=O)NC(C)C(C)CO. The van der Waals surface area contributed by atoms with Gasteiger partial charge >= 0.3 is 0 Å². The Morgan fingerprint density at radius 2 is 1.93 bits per heavy atom. The van der Waals surface area contributed by atoms with Crippen LogP contribution in [0.15, 0.2) is 0 Å². The number of hydrogen-bond acceptors (Lipinski definition) is 3. The summed E-state index contributed by atoms with van der Waals surface area (Å²) in [6.45, 7) is 5.69. The molecule has 86 valence electrons. The van der Waals surface area contributed by atoms with Crippen molar-refractivity contribution in [3.05, 3.63) is 0 Å². The summed E-state index contributed by atoms with van der Waals surface area (Å²) < 4.78 is 26.8. The lowest BCUT2D eigenvalue weighted by Gasteiger charge is -2.22. The highest BCUT2D eigenvalue weighted by Gasteiger charge is 2.21. The van der Waals surface area contributed by atoms with Gasteiger partial charge in [0, 0.05) is 26.2 Å². The van der Waals surface area contributed by atoms with Crippen LogP contribution < -0.4 is 4.72 Å². The summed E-state index contributed by atoms with van der Waals surface area (Å²) in [7, 11) is -1.88. The molecular weight excluding hydrogens is 204 g/mol. The third-order valence-electron chi connectivity index (χ3n) is 2.33. The fraction of sp³-hybridized carbons (Fsp3) is 1.00. The Balaban J connectivity index is 4.37. The molecule has 0 spiro atoms. The summed E-state index contributed by atoms with van der Waals surface area (Å²) >= 11 is 0. The highest BCUT2D eigenvalue weighted by atomic mass is 32.2. The first-order valence-electron chi connectivity index (χ1n) is 4.69. The van der Waals surface area contributed by atoms with Crippen molar-refractivity contribution < 1.29 is 13.5 Å². The summed E-state index contributed by atoms with van der Waals surface area (Å²) in [5.74, 6) is -0.0879. The molecule has 0 aliphatic rings. The first-order valence-corrected chi connectivity index (χ1v) is 6.13. The Kier molecular flexibility index (Phi) is 5.58. The average molecular weight is 224 g/mol. The van der Waals surface area contributed by atoms with Gasteiger partial charge in [-0.15, -0.1) is 0 Å². The van der Waals surface area contributed by atoms with Crippen LogP contribution in [0.1, 0.15) is 20.8 Å². The topological polar surface area (TPSA) is 69.6 Å². The molecule has 2 unspecified atom stereocenters. The van der Waals surface area contributed by atoms with Gasteiger partial charge in [0.2, 0.25) is 0 Å². The molecule has 0 aromatic heterocycles. The second-order valence-corrected chi connectivity index (χ2v) is 5.29. The van der Waals surface area contributed by atoms with Gasteiger partial charge in [0.1, 0.15) is 0 Å². The van der Waals surface area contributed by atoms with Crippen LogP contribution in [-0.2, 0) is 10.2 Å². The van der Waals surface area contributed by atoms with Crippen molar-refractivity contribution in [1.29, 1.82) is 0 Å². The van der Waals surface area contributed by atoms with Gasteiger partial charge in [-0.25, -0.2) is 0 Å². The lowest BCUT2D eigenvalue weighted by atomic mass is 10.1. The Bertz CT molecular complexity index is 253. The molecular formula is C8H20N2O3S. The molecule has 0 aliphatic carbocycles. The van der Waals surface area contributed by atoms with Crippen LogP contribution in [0, 0.1) is 5.92 Å². The van der Waals surface area contributed by atoms with Crippen molar-refractivity contribution in [2.45, 2.75) is 26.8 Å². The highest BCUT2D eigenvalue weighted by molar-refractivity contribution is 7.87. The van der Waals surface area contributed by atoms with Crippen LogP contribution in [0.3, 0.4) is 0 Å². The van der Waals surface area contributed by atoms with E-state index in [-0.39, 0.29) is 18.6 Å². The van der Waals surface area contributed by atoms with E-state index in [2.05, 4.69) is 4.72 Å². The number of hydrogen-bond donors (Lipinski definition) is 2. The number of nitrogens with zero attached hydrogens (tertiary/aromatic N) is 1. The molecule has 0 aromatic rings. The summed E-state index contributed by atoms with van der Waals surface area (Å²) in [6, 6.07) is -0.265. The second kappa shape index (κ2) is 5.65. The monoisotopic (exact) mass is 224 g/mol. The minimum absolute atomic E-state index is 0.0282. The molecule has 0 saturated carbocycles. The van der Waals surface area contributed by atoms with E-state index < -0.39 is 10.2 Å². The molecule has 0 aromatic carbocycles. The number of aliphatic hydroxyl groups is 1. The minimum atomic E-state index is -3.39. The van der Waals surface area contributed by atoms with E-state index in [1.165, 1.54) is 11.4 Å². The van der Waals surface area contributed by atoms with Crippen molar-refractivity contribution in [2.24, 2.45) is 5.92 Å². The fourth-order valence-corrected chi connectivity index (χ4v) is 1.99. The third kappa shape index (κ3) is 3.91. The Morgan fingerprint density at radius 3 is 2.29 bits per heavy atom. The van der Waals surface area contributed by atoms with Gasteiger partial charge in [-0.1, -0.05) is 13.8 Å². The smallest absolute Gasteiger partial charge is 0.279 e. The van der Waals surface area contributed by atoms with Crippen molar-refractivity contribution in [1.82, 2.24) is 9.03 Å². The molecule has 2 N–H and O–H groups in total. The van der Waals surface area contributed by atoms with Gasteiger partial charge in [-0.2, -0.15) is 17.4 Å². The maximum absolute atomic E-state index is 11.5. The van der Waals surface area contributed by atoms with Crippen molar-refractivity contribution in [3.63, 3.8) is 0 Å². The molecule has 0 heterocycles. The number of aliphatic hydroxyl groups excluding tert-OH is 1. The molecule has 0 fully saturated rings. The quantitative estimate of drug-likeness (QED) is 0.656. The summed E-state index contributed by atoms with van der Waals surface area (Å²) in [6.07, 6.45) is 0. The first-order chi connectivity index (χ1) is 6.35. The molecule has 6 heteroatoms. The molecule has 0 bridgehead atoms. The highest BCUT2D eigenvalue weighted by Crippen LogP contribution is 2.04. The third-order valence-corrected chi connectivity index (χ3v) is 4.08. The summed E-state index contributed by atoms with van der Waals surface area (Å²) in [5, 5.41) is 8.85. The molecule has 0 rings (SSSR count). The number of nitrogens with one attached hydrogen (secondary N) is 1. The molecule has 0 saturated heterocycles. The summed E-state index contributed by atoms with van der Waals surface area (Å²) in [4.78, 5) is 0. The Hall–Kier alpha value is -0.170. The van der Waals surface area contributed by atoms with E-state index in [9.17, 15) is 8.42 Å². The van der Waals surface area contributed by atoms with Crippen LogP contribution in [0.5, 0.6) is 0 Å². The zero-order valence-corrected chi connectivity index (χ0v) is 10.0. The first kappa shape index (κ1) is 13.8. The molecule has 0 radical (unpaired) electrons. The van der Waals surface area contributed by atoms with Gasteiger partial charge in [0.25, 0.3) is 10.2 Å². The van der Waals surface area contributed by atoms with Gasteiger partial charge in [0.15, 0.2) is 0 Å². The van der Waals surface area contributed by atoms with E-state index in [4.69, 9.17) is 5.11 Å². The van der Waals surface area contributed by atoms with Gasteiger partial charge < -0.3 is 5.11 Å². The molecule has 2 atom stereocenters.